The molecule has 0 spiro atoms. The molecule has 9 heteroatoms. The number of carbonyl (C=O) groups is 1. The van der Waals surface area contributed by atoms with Crippen LogP contribution in [0.5, 0.6) is 0 Å². The highest BCUT2D eigenvalue weighted by Crippen LogP contribution is 2.35. The Bertz CT molecular complexity index is 1330. The molecule has 1 aliphatic rings. The van der Waals surface area contributed by atoms with E-state index < -0.39 is 15.8 Å². The van der Waals surface area contributed by atoms with Crippen molar-refractivity contribution in [3.63, 3.8) is 0 Å². The number of carbonyl (C=O) groups excluding carboxylic acids is 1. The number of ether oxygens (including phenoxy) is 1. The van der Waals surface area contributed by atoms with Gasteiger partial charge in [-0.1, -0.05) is 30.7 Å². The number of hydrogen-bond acceptors (Lipinski definition) is 5. The molecule has 4 rings (SSSR count). The normalized spacial score (nSPS) is 15.6. The van der Waals surface area contributed by atoms with Crippen molar-refractivity contribution >= 4 is 33.1 Å². The van der Waals surface area contributed by atoms with Crippen LogP contribution in [0, 0.1) is 12.1 Å². The fourth-order valence-electron chi connectivity index (χ4n) is 3.99. The zero-order chi connectivity index (χ0) is 24.5. The van der Waals surface area contributed by atoms with E-state index in [1.165, 1.54) is 30.3 Å². The minimum Gasteiger partial charge on any atom is -0.618 e. The number of pyridine rings is 1. The number of sulfonamides is 1. The van der Waals surface area contributed by atoms with E-state index in [1.807, 2.05) is 12.1 Å². The molecular formula is C25H25ClN2O5S. The molecule has 2 aromatic carbocycles. The third-order valence-corrected chi connectivity index (χ3v) is 7.92. The number of nitrogens with one attached hydrogen (secondary N) is 1. The van der Waals surface area contributed by atoms with Gasteiger partial charge in [0.1, 0.15) is 0 Å². The minimum atomic E-state index is -3.98. The van der Waals surface area contributed by atoms with Gasteiger partial charge in [0, 0.05) is 36.8 Å². The van der Waals surface area contributed by atoms with Gasteiger partial charge in [0.15, 0.2) is 11.9 Å². The zero-order valence-corrected chi connectivity index (χ0v) is 20.4. The first-order valence-electron chi connectivity index (χ1n) is 10.8. The number of nitrogens with zero attached hydrogens (tertiary/aromatic N) is 1. The lowest BCUT2D eigenvalue weighted by Crippen LogP contribution is -2.30. The Kier molecular flexibility index (Phi) is 6.66. The van der Waals surface area contributed by atoms with Crippen LogP contribution in [-0.2, 0) is 20.2 Å². The smallest absolute Gasteiger partial charge is 0.261 e. The zero-order valence-electron chi connectivity index (χ0n) is 18.9. The summed E-state index contributed by atoms with van der Waals surface area (Å²) in [6.07, 6.45) is 2.90. The molecule has 0 bridgehead atoms. The first kappa shape index (κ1) is 24.2. The van der Waals surface area contributed by atoms with E-state index >= 15 is 0 Å². The van der Waals surface area contributed by atoms with Crippen molar-refractivity contribution in [3.8, 4) is 0 Å². The van der Waals surface area contributed by atoms with Crippen LogP contribution in [-0.4, -0.2) is 27.4 Å². The van der Waals surface area contributed by atoms with E-state index in [0.717, 1.165) is 24.6 Å². The summed E-state index contributed by atoms with van der Waals surface area (Å²) in [4.78, 5) is 13.2. The quantitative estimate of drug-likeness (QED) is 0.307. The summed E-state index contributed by atoms with van der Waals surface area (Å²) in [5.41, 5.74) is 1.68. The van der Waals surface area contributed by atoms with E-state index in [4.69, 9.17) is 16.3 Å². The van der Waals surface area contributed by atoms with Crippen LogP contribution >= 0.6 is 11.6 Å². The molecular weight excluding hydrogens is 476 g/mol. The van der Waals surface area contributed by atoms with Gasteiger partial charge < -0.3 is 9.94 Å². The van der Waals surface area contributed by atoms with Crippen LogP contribution in [0.1, 0.15) is 46.9 Å². The van der Waals surface area contributed by atoms with Crippen molar-refractivity contribution in [2.45, 2.75) is 37.0 Å². The molecule has 1 N–H and O–H groups in total. The summed E-state index contributed by atoms with van der Waals surface area (Å²) in [6.45, 7) is 5.13. The maximum absolute atomic E-state index is 13.1. The number of ketones is 1. The maximum Gasteiger partial charge on any atom is 0.261 e. The van der Waals surface area contributed by atoms with Crippen LogP contribution in [0.15, 0.2) is 65.7 Å². The number of aromatic nitrogens is 1. The average Bonchev–Trinajstić information content (AvgIpc) is 2.82. The molecule has 1 aliphatic heterocycles. The summed E-state index contributed by atoms with van der Waals surface area (Å²) in [5, 5.41) is 12.2. The molecule has 0 atom stereocenters. The average molecular weight is 501 g/mol. The standard InChI is InChI=1S/C25H25ClN2O5S/c1-17-3-4-18(16-28(17)30)24(29)22-15-20(26)7-10-23(22)27-34(31,32)21-8-5-19(6-9-21)25(2)11-13-33-14-12-25/h3-10,15-16,27H,11-14H2,1-2H3. The van der Waals surface area contributed by atoms with E-state index in [0.29, 0.717) is 23.6 Å². The lowest BCUT2D eigenvalue weighted by atomic mass is 9.76. The van der Waals surface area contributed by atoms with Crippen LogP contribution in [0.2, 0.25) is 5.02 Å². The van der Waals surface area contributed by atoms with Gasteiger partial charge >= 0.3 is 0 Å². The second kappa shape index (κ2) is 9.37. The molecule has 3 aromatic rings. The summed E-state index contributed by atoms with van der Waals surface area (Å²) in [6, 6.07) is 14.1. The van der Waals surface area contributed by atoms with E-state index in [2.05, 4.69) is 11.6 Å². The lowest BCUT2D eigenvalue weighted by molar-refractivity contribution is -0.612. The Morgan fingerprint density at radius 2 is 1.76 bits per heavy atom. The largest absolute Gasteiger partial charge is 0.618 e. The second-order valence-electron chi connectivity index (χ2n) is 8.71. The number of aryl methyl sites for hydroxylation is 1. The van der Waals surface area contributed by atoms with Crippen molar-refractivity contribution < 1.29 is 22.7 Å². The van der Waals surface area contributed by atoms with E-state index in [9.17, 15) is 18.4 Å². The van der Waals surface area contributed by atoms with Crippen molar-refractivity contribution in [2.24, 2.45) is 0 Å². The molecule has 1 aromatic heterocycles. The van der Waals surface area contributed by atoms with Gasteiger partial charge in [-0.3, -0.25) is 9.52 Å². The Balaban J connectivity index is 1.63. The fourth-order valence-corrected chi connectivity index (χ4v) is 5.24. The fraction of sp³-hybridized carbons (Fsp3) is 0.280. The molecule has 0 radical (unpaired) electrons. The second-order valence-corrected chi connectivity index (χ2v) is 10.8. The number of rotatable bonds is 6. The van der Waals surface area contributed by atoms with Crippen molar-refractivity contribution in [2.75, 3.05) is 17.9 Å². The molecule has 178 valence electrons. The van der Waals surface area contributed by atoms with Gasteiger partial charge in [-0.05, 0) is 60.2 Å². The Hall–Kier alpha value is -2.94. The van der Waals surface area contributed by atoms with Crippen molar-refractivity contribution in [3.05, 3.63) is 93.4 Å². The number of halogens is 1. The lowest BCUT2D eigenvalue weighted by Gasteiger charge is -2.34. The van der Waals surface area contributed by atoms with E-state index in [1.54, 1.807) is 19.1 Å². The highest BCUT2D eigenvalue weighted by molar-refractivity contribution is 7.92. The molecule has 1 saturated heterocycles. The Labute approximate surface area is 204 Å². The molecule has 7 nitrogen and oxygen atoms in total. The third-order valence-electron chi connectivity index (χ3n) is 6.30. The highest BCUT2D eigenvalue weighted by Gasteiger charge is 2.30. The summed E-state index contributed by atoms with van der Waals surface area (Å²) >= 11 is 6.09. The summed E-state index contributed by atoms with van der Waals surface area (Å²) < 4.78 is 34.8. The minimum absolute atomic E-state index is 0.0475. The first-order chi connectivity index (χ1) is 16.1. The van der Waals surface area contributed by atoms with Crippen molar-refractivity contribution in [1.29, 1.82) is 0 Å². The Morgan fingerprint density at radius 3 is 2.41 bits per heavy atom. The van der Waals surface area contributed by atoms with Crippen LogP contribution in [0.25, 0.3) is 0 Å². The Morgan fingerprint density at radius 1 is 1.09 bits per heavy atom. The molecule has 1 fully saturated rings. The summed E-state index contributed by atoms with van der Waals surface area (Å²) in [7, 11) is -3.98. The van der Waals surface area contributed by atoms with Gasteiger partial charge in [0.05, 0.1) is 16.1 Å². The monoisotopic (exact) mass is 500 g/mol. The molecule has 0 aliphatic carbocycles. The molecule has 0 amide bonds. The van der Waals surface area contributed by atoms with Gasteiger partial charge in [-0.25, -0.2) is 8.42 Å². The van der Waals surface area contributed by atoms with Crippen LogP contribution in [0.3, 0.4) is 0 Å². The third kappa shape index (κ3) is 4.94. The summed E-state index contributed by atoms with van der Waals surface area (Å²) in [5.74, 6) is -0.521. The SMILES string of the molecule is Cc1ccc(C(=O)c2cc(Cl)ccc2NS(=O)(=O)c2ccc(C3(C)CCOCC3)cc2)c[n+]1[O-]. The first-order valence-corrected chi connectivity index (χ1v) is 12.7. The number of hydrogen-bond donors (Lipinski definition) is 1. The van der Waals surface area contributed by atoms with Crippen LogP contribution < -0.4 is 9.45 Å². The van der Waals surface area contributed by atoms with Crippen molar-refractivity contribution in [1.82, 2.24) is 0 Å². The number of benzene rings is 2. The van der Waals surface area contributed by atoms with Gasteiger partial charge in [0.2, 0.25) is 5.78 Å². The molecule has 0 saturated carbocycles. The number of anilines is 1. The molecule has 34 heavy (non-hydrogen) atoms. The maximum atomic E-state index is 13.1. The topological polar surface area (TPSA) is 99.4 Å². The molecule has 2 heterocycles. The van der Waals surface area contributed by atoms with Gasteiger partial charge in [-0.2, -0.15) is 4.73 Å². The van der Waals surface area contributed by atoms with Gasteiger partial charge in [-0.15, -0.1) is 0 Å². The predicted molar refractivity (Wildman–Crippen MR) is 130 cm³/mol. The van der Waals surface area contributed by atoms with Gasteiger partial charge in [0.25, 0.3) is 10.0 Å². The highest BCUT2D eigenvalue weighted by atomic mass is 35.5. The van der Waals surface area contributed by atoms with E-state index in [-0.39, 0.29) is 32.1 Å². The molecule has 0 unspecified atom stereocenters. The predicted octanol–water partition coefficient (Wildman–Crippen LogP) is 4.38. The van der Waals surface area contributed by atoms with Crippen LogP contribution in [0.4, 0.5) is 5.69 Å².